The number of hydrogen-bond acceptors (Lipinski definition) is 3. The molecular formula is C25H27N3O. The largest absolute Gasteiger partial charge is 0.378 e. The van der Waals surface area contributed by atoms with Crippen molar-refractivity contribution in [1.82, 2.24) is 9.38 Å². The van der Waals surface area contributed by atoms with Gasteiger partial charge in [0.05, 0.1) is 35.5 Å². The molecule has 4 heteroatoms. The summed E-state index contributed by atoms with van der Waals surface area (Å²) < 4.78 is 7.92. The number of benzene rings is 1. The van der Waals surface area contributed by atoms with Gasteiger partial charge in [-0.15, -0.1) is 0 Å². The van der Waals surface area contributed by atoms with Crippen LogP contribution in [0.25, 0.3) is 27.7 Å². The van der Waals surface area contributed by atoms with E-state index in [1.165, 1.54) is 44.5 Å². The molecule has 0 radical (unpaired) electrons. The summed E-state index contributed by atoms with van der Waals surface area (Å²) >= 11 is 0. The van der Waals surface area contributed by atoms with E-state index < -0.39 is 0 Å². The minimum Gasteiger partial charge on any atom is -0.378 e. The Kier molecular flexibility index (Phi) is 4.32. The van der Waals surface area contributed by atoms with Crippen molar-refractivity contribution in [2.75, 3.05) is 31.2 Å². The molecule has 0 N–H and O–H groups in total. The van der Waals surface area contributed by atoms with Gasteiger partial charge in [-0.05, 0) is 62.6 Å². The first-order valence-corrected chi connectivity index (χ1v) is 10.4. The average molecular weight is 386 g/mol. The third kappa shape index (κ3) is 2.90. The lowest BCUT2D eigenvalue weighted by Gasteiger charge is -2.29. The van der Waals surface area contributed by atoms with Crippen LogP contribution >= 0.6 is 0 Å². The maximum absolute atomic E-state index is 5.60. The Labute approximate surface area is 171 Å². The van der Waals surface area contributed by atoms with E-state index in [0.717, 1.165) is 37.5 Å². The highest BCUT2D eigenvalue weighted by Gasteiger charge is 2.23. The van der Waals surface area contributed by atoms with Crippen molar-refractivity contribution in [1.29, 1.82) is 0 Å². The summed E-state index contributed by atoms with van der Waals surface area (Å²) in [6, 6.07) is 13.2. The molecule has 3 aromatic heterocycles. The highest BCUT2D eigenvalue weighted by atomic mass is 16.5. The zero-order valence-electron chi connectivity index (χ0n) is 17.6. The molecule has 148 valence electrons. The molecule has 5 rings (SSSR count). The second-order valence-corrected chi connectivity index (χ2v) is 8.18. The highest BCUT2D eigenvalue weighted by Crippen LogP contribution is 2.41. The van der Waals surface area contributed by atoms with Crippen LogP contribution in [0.1, 0.15) is 22.4 Å². The number of aryl methyl sites for hydroxylation is 4. The summed E-state index contributed by atoms with van der Waals surface area (Å²) in [5.41, 5.74) is 12.3. The molecule has 1 aliphatic rings. The molecule has 1 fully saturated rings. The molecule has 1 aromatic carbocycles. The molecule has 4 nitrogen and oxygen atoms in total. The van der Waals surface area contributed by atoms with Crippen molar-refractivity contribution in [2.24, 2.45) is 0 Å². The van der Waals surface area contributed by atoms with Crippen LogP contribution in [0.2, 0.25) is 0 Å². The van der Waals surface area contributed by atoms with E-state index in [2.05, 4.69) is 79.6 Å². The number of pyridine rings is 2. The smallest absolute Gasteiger partial charge is 0.0994 e. The van der Waals surface area contributed by atoms with Gasteiger partial charge in [-0.25, -0.2) is 0 Å². The quantitative estimate of drug-likeness (QED) is 0.473. The number of ether oxygens (including phenoxy) is 1. The van der Waals surface area contributed by atoms with E-state index in [0.29, 0.717) is 0 Å². The topological polar surface area (TPSA) is 29.8 Å². The van der Waals surface area contributed by atoms with Crippen molar-refractivity contribution >= 4 is 22.2 Å². The van der Waals surface area contributed by atoms with E-state index in [9.17, 15) is 0 Å². The Bertz CT molecular complexity index is 1210. The Morgan fingerprint density at radius 3 is 2.34 bits per heavy atom. The lowest BCUT2D eigenvalue weighted by atomic mass is 9.93. The molecule has 29 heavy (non-hydrogen) atoms. The van der Waals surface area contributed by atoms with Crippen molar-refractivity contribution in [3.63, 3.8) is 0 Å². The van der Waals surface area contributed by atoms with E-state index >= 15 is 0 Å². The van der Waals surface area contributed by atoms with Crippen molar-refractivity contribution in [3.8, 4) is 11.1 Å². The van der Waals surface area contributed by atoms with Gasteiger partial charge in [0.2, 0.25) is 0 Å². The van der Waals surface area contributed by atoms with Gasteiger partial charge in [0.15, 0.2) is 0 Å². The molecule has 0 bridgehead atoms. The Morgan fingerprint density at radius 2 is 1.62 bits per heavy atom. The summed E-state index contributed by atoms with van der Waals surface area (Å²) in [6.07, 6.45) is 2.17. The second kappa shape index (κ2) is 6.89. The molecule has 1 saturated heterocycles. The monoisotopic (exact) mass is 385 g/mol. The van der Waals surface area contributed by atoms with Gasteiger partial charge in [0.1, 0.15) is 0 Å². The van der Waals surface area contributed by atoms with Crippen LogP contribution in [0.15, 0.2) is 42.6 Å². The van der Waals surface area contributed by atoms with Gasteiger partial charge in [-0.1, -0.05) is 23.8 Å². The summed E-state index contributed by atoms with van der Waals surface area (Å²) in [5, 5.41) is 0. The minimum absolute atomic E-state index is 0.773. The SMILES string of the molecule is Cc1cc(C)c(-c2c3nc(C)cc(N4CCOCC4)c3n3ccccc23)c(C)c1. The van der Waals surface area contributed by atoms with E-state index in [1.807, 2.05) is 0 Å². The third-order valence-corrected chi connectivity index (χ3v) is 5.97. The first-order valence-electron chi connectivity index (χ1n) is 10.4. The number of fused-ring (bicyclic) bond motifs is 3. The predicted molar refractivity (Wildman–Crippen MR) is 120 cm³/mol. The number of aromatic nitrogens is 2. The maximum Gasteiger partial charge on any atom is 0.0994 e. The first kappa shape index (κ1) is 18.2. The average Bonchev–Trinajstić information content (AvgIpc) is 3.01. The lowest BCUT2D eigenvalue weighted by molar-refractivity contribution is 0.123. The third-order valence-electron chi connectivity index (χ3n) is 5.97. The Balaban J connectivity index is 1.91. The molecule has 4 heterocycles. The number of morpholine rings is 1. The number of nitrogens with zero attached hydrogens (tertiary/aromatic N) is 3. The van der Waals surface area contributed by atoms with Crippen molar-refractivity contribution in [3.05, 3.63) is 65.0 Å². The lowest BCUT2D eigenvalue weighted by Crippen LogP contribution is -2.36. The Morgan fingerprint density at radius 1 is 0.897 bits per heavy atom. The van der Waals surface area contributed by atoms with Crippen LogP contribution in [-0.2, 0) is 4.74 Å². The van der Waals surface area contributed by atoms with Gasteiger partial charge >= 0.3 is 0 Å². The molecule has 0 saturated carbocycles. The van der Waals surface area contributed by atoms with Gasteiger partial charge < -0.3 is 14.0 Å². The summed E-state index contributed by atoms with van der Waals surface area (Å²) in [6.45, 7) is 12.1. The molecule has 0 amide bonds. The fraction of sp³-hybridized carbons (Fsp3) is 0.320. The van der Waals surface area contributed by atoms with E-state index in [1.54, 1.807) is 0 Å². The molecule has 0 unspecified atom stereocenters. The van der Waals surface area contributed by atoms with Crippen molar-refractivity contribution < 1.29 is 4.74 Å². The van der Waals surface area contributed by atoms with Crippen LogP contribution in [0.4, 0.5) is 5.69 Å². The highest BCUT2D eigenvalue weighted by molar-refractivity contribution is 6.09. The normalized spacial score (nSPS) is 14.8. The van der Waals surface area contributed by atoms with Gasteiger partial charge in [-0.2, -0.15) is 0 Å². The van der Waals surface area contributed by atoms with E-state index in [4.69, 9.17) is 9.72 Å². The molecule has 0 atom stereocenters. The van der Waals surface area contributed by atoms with Crippen LogP contribution < -0.4 is 4.90 Å². The Hall–Kier alpha value is -2.85. The molecule has 0 spiro atoms. The number of anilines is 1. The predicted octanol–water partition coefficient (Wildman–Crippen LogP) is 5.22. The standard InChI is InChI=1S/C25H27N3O/c1-16-13-17(2)22(18(3)14-16)23-20-7-5-6-8-28(20)25-21(15-19(4)26-24(23)25)27-9-11-29-12-10-27/h5-8,13-15H,9-12H2,1-4H3. The van der Waals surface area contributed by atoms with Gasteiger partial charge in [-0.3, -0.25) is 4.98 Å². The fourth-order valence-electron chi connectivity index (χ4n) is 4.89. The van der Waals surface area contributed by atoms with Crippen LogP contribution in [0.5, 0.6) is 0 Å². The zero-order valence-corrected chi connectivity index (χ0v) is 17.6. The van der Waals surface area contributed by atoms with Gasteiger partial charge in [0.25, 0.3) is 0 Å². The molecule has 0 aliphatic carbocycles. The summed E-state index contributed by atoms with van der Waals surface area (Å²) in [7, 11) is 0. The molecule has 4 aromatic rings. The van der Waals surface area contributed by atoms with Crippen LogP contribution in [0.3, 0.4) is 0 Å². The summed E-state index contributed by atoms with van der Waals surface area (Å²) in [5.74, 6) is 0. The van der Waals surface area contributed by atoms with Crippen LogP contribution in [0, 0.1) is 27.7 Å². The molecular weight excluding hydrogens is 358 g/mol. The first-order chi connectivity index (χ1) is 14.0. The number of hydrogen-bond donors (Lipinski definition) is 0. The van der Waals surface area contributed by atoms with Crippen molar-refractivity contribution in [2.45, 2.75) is 27.7 Å². The second-order valence-electron chi connectivity index (χ2n) is 8.18. The minimum atomic E-state index is 0.773. The van der Waals surface area contributed by atoms with Crippen LogP contribution in [-0.4, -0.2) is 35.7 Å². The fourth-order valence-corrected chi connectivity index (χ4v) is 4.89. The maximum atomic E-state index is 5.60. The number of rotatable bonds is 2. The molecule has 1 aliphatic heterocycles. The van der Waals surface area contributed by atoms with E-state index in [-0.39, 0.29) is 0 Å². The zero-order chi connectivity index (χ0) is 20.1. The summed E-state index contributed by atoms with van der Waals surface area (Å²) in [4.78, 5) is 7.51. The van der Waals surface area contributed by atoms with Gasteiger partial charge in [0, 0.05) is 30.5 Å².